The van der Waals surface area contributed by atoms with Crippen LogP contribution in [0.2, 0.25) is 0 Å². The molecule has 0 bridgehead atoms. The molecule has 0 saturated carbocycles. The third-order valence-corrected chi connectivity index (χ3v) is 6.28. The number of carbonyl (C=O) groups is 2. The highest BCUT2D eigenvalue weighted by Crippen LogP contribution is 2.32. The fourth-order valence-corrected chi connectivity index (χ4v) is 4.37. The summed E-state index contributed by atoms with van der Waals surface area (Å²) >= 11 is 1.61. The number of aryl methyl sites for hydroxylation is 1. The molecule has 0 radical (unpaired) electrons. The van der Waals surface area contributed by atoms with E-state index in [2.05, 4.69) is 33.8 Å². The van der Waals surface area contributed by atoms with E-state index in [9.17, 15) is 9.59 Å². The van der Waals surface area contributed by atoms with E-state index in [1.165, 1.54) is 5.56 Å². The van der Waals surface area contributed by atoms with E-state index in [4.69, 9.17) is 4.74 Å². The van der Waals surface area contributed by atoms with E-state index in [-0.39, 0.29) is 23.8 Å². The minimum atomic E-state index is -0.0591. The summed E-state index contributed by atoms with van der Waals surface area (Å²) in [7, 11) is 0. The van der Waals surface area contributed by atoms with Crippen LogP contribution in [0.5, 0.6) is 5.75 Å². The third-order valence-electron chi connectivity index (χ3n) is 5.40. The molecule has 0 unspecified atom stereocenters. The van der Waals surface area contributed by atoms with Crippen molar-refractivity contribution in [3.63, 3.8) is 0 Å². The maximum Gasteiger partial charge on any atom is 0.260 e. The lowest BCUT2D eigenvalue weighted by Gasteiger charge is -2.25. The molecule has 1 aliphatic rings. The molecule has 162 valence electrons. The molecule has 5 nitrogen and oxygen atoms in total. The molecule has 2 amide bonds. The molecular formula is C24H32N2O3S. The van der Waals surface area contributed by atoms with Gasteiger partial charge >= 0.3 is 0 Å². The second kappa shape index (κ2) is 9.65. The minimum absolute atomic E-state index is 0.0231. The number of benzene rings is 1. The molecule has 0 atom stereocenters. The first-order valence-electron chi connectivity index (χ1n) is 10.6. The highest BCUT2D eigenvalue weighted by molar-refractivity contribution is 7.10. The summed E-state index contributed by atoms with van der Waals surface area (Å²) < 4.78 is 5.95. The van der Waals surface area contributed by atoms with Gasteiger partial charge in [0, 0.05) is 31.1 Å². The van der Waals surface area contributed by atoms with E-state index in [0.717, 1.165) is 22.6 Å². The molecule has 3 rings (SSSR count). The second-order valence-electron chi connectivity index (χ2n) is 8.91. The van der Waals surface area contributed by atoms with Crippen LogP contribution in [0.1, 0.15) is 43.2 Å². The van der Waals surface area contributed by atoms with Crippen molar-refractivity contribution >= 4 is 23.2 Å². The summed E-state index contributed by atoms with van der Waals surface area (Å²) in [6, 6.07) is 10.1. The van der Waals surface area contributed by atoms with Gasteiger partial charge in [0.25, 0.3) is 5.91 Å². The lowest BCUT2D eigenvalue weighted by atomic mass is 9.85. The smallest absolute Gasteiger partial charge is 0.260 e. The average Bonchev–Trinajstić information content (AvgIpc) is 3.07. The predicted octanol–water partition coefficient (Wildman–Crippen LogP) is 4.04. The number of carbonyl (C=O) groups excluding carboxylic acids is 2. The van der Waals surface area contributed by atoms with Crippen molar-refractivity contribution in [2.75, 3.05) is 32.8 Å². The van der Waals surface area contributed by atoms with Crippen LogP contribution in [0.25, 0.3) is 0 Å². The lowest BCUT2D eigenvalue weighted by Crippen LogP contribution is -2.39. The molecule has 6 heteroatoms. The van der Waals surface area contributed by atoms with Gasteiger partial charge in [-0.25, -0.2) is 0 Å². The Morgan fingerprint density at radius 1 is 1.03 bits per heavy atom. The maximum absolute atomic E-state index is 12.8. The molecule has 0 aliphatic carbocycles. The molecule has 0 spiro atoms. The number of nitrogens with zero attached hydrogens (tertiary/aromatic N) is 2. The quantitative estimate of drug-likeness (QED) is 0.722. The molecule has 30 heavy (non-hydrogen) atoms. The molecule has 1 aromatic carbocycles. The summed E-state index contributed by atoms with van der Waals surface area (Å²) in [5.41, 5.74) is 2.23. The summed E-state index contributed by atoms with van der Waals surface area (Å²) in [5.74, 6) is 0.879. The van der Waals surface area contributed by atoms with Gasteiger partial charge in [-0.2, -0.15) is 0 Å². The van der Waals surface area contributed by atoms with Crippen LogP contribution in [0, 0.1) is 6.92 Å². The van der Waals surface area contributed by atoms with Crippen molar-refractivity contribution in [2.45, 2.75) is 46.0 Å². The molecule has 1 fully saturated rings. The molecule has 0 N–H and O–H groups in total. The second-order valence-corrected chi connectivity index (χ2v) is 9.94. The van der Waals surface area contributed by atoms with Gasteiger partial charge in [0.1, 0.15) is 5.75 Å². The first kappa shape index (κ1) is 22.3. The van der Waals surface area contributed by atoms with Crippen LogP contribution in [0.3, 0.4) is 0 Å². The molecule has 1 aromatic heterocycles. The van der Waals surface area contributed by atoms with Gasteiger partial charge in [-0.05, 0) is 41.8 Å². The minimum Gasteiger partial charge on any atom is -0.483 e. The van der Waals surface area contributed by atoms with Crippen molar-refractivity contribution in [1.29, 1.82) is 0 Å². The van der Waals surface area contributed by atoms with Crippen LogP contribution in [0.15, 0.2) is 35.7 Å². The highest BCUT2D eigenvalue weighted by atomic mass is 32.1. The van der Waals surface area contributed by atoms with Gasteiger partial charge in [-0.15, -0.1) is 11.3 Å². The molecule has 1 saturated heterocycles. The van der Waals surface area contributed by atoms with E-state index in [0.29, 0.717) is 32.6 Å². The number of thiophene rings is 1. The largest absolute Gasteiger partial charge is 0.483 e. The maximum atomic E-state index is 12.8. The Morgan fingerprint density at radius 2 is 1.73 bits per heavy atom. The van der Waals surface area contributed by atoms with Gasteiger partial charge in [-0.1, -0.05) is 44.5 Å². The van der Waals surface area contributed by atoms with E-state index in [1.54, 1.807) is 11.3 Å². The standard InChI is InChI=1S/C24H32N2O3S/c1-18-8-9-21(20(15-18)24(2,3)4)29-17-23(28)26-11-6-10-25(12-13-26)22(27)16-19-7-5-14-30-19/h5,7-9,14-15H,6,10-13,16-17H2,1-4H3. The Kier molecular flexibility index (Phi) is 7.19. The number of rotatable bonds is 5. The van der Waals surface area contributed by atoms with Gasteiger partial charge < -0.3 is 14.5 Å². The zero-order chi connectivity index (χ0) is 21.7. The van der Waals surface area contributed by atoms with Crippen molar-refractivity contribution < 1.29 is 14.3 Å². The number of hydrogen-bond acceptors (Lipinski definition) is 4. The topological polar surface area (TPSA) is 49.9 Å². The van der Waals surface area contributed by atoms with Crippen molar-refractivity contribution in [3.05, 3.63) is 51.7 Å². The first-order chi connectivity index (χ1) is 14.2. The monoisotopic (exact) mass is 428 g/mol. The van der Waals surface area contributed by atoms with Gasteiger partial charge in [-0.3, -0.25) is 9.59 Å². The zero-order valence-corrected chi connectivity index (χ0v) is 19.3. The van der Waals surface area contributed by atoms with E-state index < -0.39 is 0 Å². The Labute approximate surface area is 183 Å². The fraction of sp³-hybridized carbons (Fsp3) is 0.500. The van der Waals surface area contributed by atoms with Gasteiger partial charge in [0.2, 0.25) is 5.91 Å². The van der Waals surface area contributed by atoms with Crippen LogP contribution >= 0.6 is 11.3 Å². The predicted molar refractivity (Wildman–Crippen MR) is 121 cm³/mol. The Hall–Kier alpha value is -2.34. The first-order valence-corrected chi connectivity index (χ1v) is 11.4. The number of ether oxygens (including phenoxy) is 1. The van der Waals surface area contributed by atoms with Crippen LogP contribution in [-0.4, -0.2) is 54.4 Å². The van der Waals surface area contributed by atoms with Crippen molar-refractivity contribution in [3.8, 4) is 5.75 Å². The van der Waals surface area contributed by atoms with Crippen molar-refractivity contribution in [2.24, 2.45) is 0 Å². The van der Waals surface area contributed by atoms with Crippen LogP contribution in [-0.2, 0) is 21.4 Å². The average molecular weight is 429 g/mol. The summed E-state index contributed by atoms with van der Waals surface area (Å²) in [4.78, 5) is 30.1. The van der Waals surface area contributed by atoms with Gasteiger partial charge in [0.05, 0.1) is 6.42 Å². The summed E-state index contributed by atoms with van der Waals surface area (Å²) in [6.45, 7) is 11.0. The van der Waals surface area contributed by atoms with E-state index in [1.807, 2.05) is 39.4 Å². The summed E-state index contributed by atoms with van der Waals surface area (Å²) in [6.07, 6.45) is 1.23. The fourth-order valence-electron chi connectivity index (χ4n) is 3.68. The Balaban J connectivity index is 1.55. The van der Waals surface area contributed by atoms with Crippen LogP contribution < -0.4 is 4.74 Å². The SMILES string of the molecule is Cc1ccc(OCC(=O)N2CCCN(C(=O)Cc3cccs3)CC2)c(C(C)(C)C)c1. The van der Waals surface area contributed by atoms with Gasteiger partial charge in [0.15, 0.2) is 6.61 Å². The lowest BCUT2D eigenvalue weighted by molar-refractivity contribution is -0.134. The Bertz CT molecular complexity index is 871. The van der Waals surface area contributed by atoms with Crippen molar-refractivity contribution in [1.82, 2.24) is 9.80 Å². The molecular weight excluding hydrogens is 396 g/mol. The highest BCUT2D eigenvalue weighted by Gasteiger charge is 2.24. The normalized spacial score (nSPS) is 15.1. The zero-order valence-electron chi connectivity index (χ0n) is 18.4. The number of amides is 2. The summed E-state index contributed by atoms with van der Waals surface area (Å²) in [5, 5.41) is 1.99. The number of hydrogen-bond donors (Lipinski definition) is 0. The Morgan fingerprint density at radius 3 is 2.37 bits per heavy atom. The molecule has 1 aliphatic heterocycles. The van der Waals surface area contributed by atoms with E-state index >= 15 is 0 Å². The third kappa shape index (κ3) is 5.85. The molecule has 2 aromatic rings. The van der Waals surface area contributed by atoms with Crippen LogP contribution in [0.4, 0.5) is 0 Å². The molecule has 2 heterocycles.